The number of carboxylic acids is 1. The van der Waals surface area contributed by atoms with Gasteiger partial charge in [0.05, 0.1) is 11.2 Å². The summed E-state index contributed by atoms with van der Waals surface area (Å²) in [6.45, 7) is -0.610. The van der Waals surface area contributed by atoms with Crippen molar-refractivity contribution in [1.29, 1.82) is 0 Å². The number of aliphatic carboxylic acids is 1. The second-order valence-corrected chi connectivity index (χ2v) is 12.8. The van der Waals surface area contributed by atoms with Gasteiger partial charge in [-0.25, -0.2) is 21.6 Å². The van der Waals surface area contributed by atoms with Crippen molar-refractivity contribution in [3.8, 4) is 11.1 Å². The predicted octanol–water partition coefficient (Wildman–Crippen LogP) is 3.56. The van der Waals surface area contributed by atoms with E-state index in [2.05, 4.69) is 4.72 Å². The minimum absolute atomic E-state index is 0.0767. The molecule has 2 N–H and O–H groups in total. The van der Waals surface area contributed by atoms with E-state index in [-0.39, 0.29) is 24.4 Å². The van der Waals surface area contributed by atoms with Gasteiger partial charge in [0.1, 0.15) is 5.54 Å². The Labute approximate surface area is 215 Å². The van der Waals surface area contributed by atoms with Crippen LogP contribution in [-0.4, -0.2) is 57.1 Å². The third-order valence-electron chi connectivity index (χ3n) is 6.25. The quantitative estimate of drug-likeness (QED) is 0.399. The smallest absolute Gasteiger partial charge is 0.325 e. The Hall–Kier alpha value is -2.76. The van der Waals surface area contributed by atoms with Crippen molar-refractivity contribution >= 4 is 37.6 Å². The van der Waals surface area contributed by atoms with Crippen LogP contribution >= 0.6 is 11.6 Å². The first kappa shape index (κ1) is 26.3. The molecule has 2 atom stereocenters. The molecule has 1 aliphatic carbocycles. The van der Waals surface area contributed by atoms with E-state index >= 15 is 0 Å². The van der Waals surface area contributed by atoms with E-state index in [4.69, 9.17) is 11.6 Å². The minimum Gasteiger partial charge on any atom is -0.480 e. The van der Waals surface area contributed by atoms with Crippen molar-refractivity contribution in [2.24, 2.45) is 0 Å². The Morgan fingerprint density at radius 1 is 0.972 bits per heavy atom. The van der Waals surface area contributed by atoms with Crippen molar-refractivity contribution in [1.82, 2.24) is 9.03 Å². The SMILES string of the molecule is CS(=O)(=O)NCCN([C@]1(C(=O)O)C[C@H]1c1ccccc1)S(=O)(=O)c1ccc(-c2ccc(Cl)cc2)cc1. The van der Waals surface area contributed by atoms with Crippen molar-refractivity contribution in [2.45, 2.75) is 22.8 Å². The first-order valence-electron chi connectivity index (χ1n) is 11.1. The molecule has 0 aromatic heterocycles. The third kappa shape index (κ3) is 5.33. The number of halogens is 1. The number of benzene rings is 3. The van der Waals surface area contributed by atoms with E-state index in [0.717, 1.165) is 21.7 Å². The summed E-state index contributed by atoms with van der Waals surface area (Å²) in [6, 6.07) is 22.0. The van der Waals surface area contributed by atoms with Gasteiger partial charge in [0.15, 0.2) is 0 Å². The fraction of sp³-hybridized carbons (Fsp3) is 0.240. The van der Waals surface area contributed by atoms with Crippen molar-refractivity contribution in [3.63, 3.8) is 0 Å². The third-order valence-corrected chi connectivity index (χ3v) is 9.19. The number of hydrogen-bond acceptors (Lipinski definition) is 5. The molecule has 0 bridgehead atoms. The zero-order valence-electron chi connectivity index (χ0n) is 19.3. The van der Waals surface area contributed by atoms with Crippen LogP contribution in [0.4, 0.5) is 0 Å². The fourth-order valence-corrected chi connectivity index (χ4v) is 6.77. The van der Waals surface area contributed by atoms with Gasteiger partial charge in [0.2, 0.25) is 20.0 Å². The number of nitrogens with one attached hydrogen (secondary N) is 1. The lowest BCUT2D eigenvalue weighted by molar-refractivity contribution is -0.143. The first-order valence-corrected chi connectivity index (χ1v) is 14.8. The van der Waals surface area contributed by atoms with E-state index in [9.17, 15) is 26.7 Å². The van der Waals surface area contributed by atoms with Crippen LogP contribution in [0.1, 0.15) is 17.9 Å². The van der Waals surface area contributed by atoms with Crippen molar-refractivity contribution in [3.05, 3.63) is 89.4 Å². The van der Waals surface area contributed by atoms with Crippen molar-refractivity contribution < 1.29 is 26.7 Å². The molecule has 0 saturated heterocycles. The first-order chi connectivity index (χ1) is 16.9. The van der Waals surface area contributed by atoms with Gasteiger partial charge in [-0.05, 0) is 47.4 Å². The number of nitrogens with zero attached hydrogens (tertiary/aromatic N) is 1. The summed E-state index contributed by atoms with van der Waals surface area (Å²) in [7, 11) is -7.92. The topological polar surface area (TPSA) is 121 Å². The molecule has 1 fully saturated rings. The van der Waals surface area contributed by atoms with Crippen LogP contribution in [-0.2, 0) is 24.8 Å². The highest BCUT2D eigenvalue weighted by Gasteiger charge is 2.67. The molecule has 36 heavy (non-hydrogen) atoms. The molecule has 8 nitrogen and oxygen atoms in total. The van der Waals surface area contributed by atoms with E-state index in [1.165, 1.54) is 12.1 Å². The summed E-state index contributed by atoms with van der Waals surface area (Å²) < 4.78 is 54.0. The van der Waals surface area contributed by atoms with Crippen LogP contribution in [0, 0.1) is 0 Å². The van der Waals surface area contributed by atoms with Crippen LogP contribution in [0.15, 0.2) is 83.8 Å². The molecule has 0 heterocycles. The summed E-state index contributed by atoms with van der Waals surface area (Å²) in [5.41, 5.74) is 0.575. The average Bonchev–Trinajstić information content (AvgIpc) is 3.59. The molecule has 4 rings (SSSR count). The maximum Gasteiger partial charge on any atom is 0.325 e. The maximum absolute atomic E-state index is 13.8. The summed E-state index contributed by atoms with van der Waals surface area (Å²) >= 11 is 5.94. The number of carboxylic acid groups (broad SMARTS) is 1. The highest BCUT2D eigenvalue weighted by Crippen LogP contribution is 2.57. The van der Waals surface area contributed by atoms with Crippen molar-refractivity contribution in [2.75, 3.05) is 19.3 Å². The van der Waals surface area contributed by atoms with Gasteiger partial charge in [-0.15, -0.1) is 0 Å². The lowest BCUT2D eigenvalue weighted by atomic mass is 10.1. The molecule has 0 amide bonds. The molecule has 0 radical (unpaired) electrons. The summed E-state index contributed by atoms with van der Waals surface area (Å²) in [4.78, 5) is 12.5. The monoisotopic (exact) mass is 548 g/mol. The van der Waals surface area contributed by atoms with E-state index in [1.807, 2.05) is 12.1 Å². The molecule has 3 aromatic carbocycles. The molecule has 1 aliphatic rings. The Bertz CT molecular complexity index is 1460. The van der Waals surface area contributed by atoms with Gasteiger partial charge in [0, 0.05) is 24.0 Å². The fourth-order valence-electron chi connectivity index (χ4n) is 4.41. The largest absolute Gasteiger partial charge is 0.480 e. The van der Waals surface area contributed by atoms with Gasteiger partial charge in [-0.2, -0.15) is 4.31 Å². The molecule has 0 spiro atoms. The van der Waals surface area contributed by atoms with Gasteiger partial charge in [-0.1, -0.05) is 66.2 Å². The lowest BCUT2D eigenvalue weighted by Gasteiger charge is -2.29. The summed E-state index contributed by atoms with van der Waals surface area (Å²) in [5.74, 6) is -1.85. The minimum atomic E-state index is -4.31. The zero-order valence-corrected chi connectivity index (χ0v) is 21.7. The number of sulfonamides is 2. The molecule has 3 aromatic rings. The van der Waals surface area contributed by atoms with Gasteiger partial charge >= 0.3 is 5.97 Å². The molecule has 0 aliphatic heterocycles. The molecule has 1 saturated carbocycles. The van der Waals surface area contributed by atoms with E-state index < -0.39 is 37.5 Å². The highest BCUT2D eigenvalue weighted by atomic mass is 35.5. The normalized spacial score (nSPS) is 19.8. The summed E-state index contributed by atoms with van der Waals surface area (Å²) in [6.07, 6.45) is 1.03. The second-order valence-electron chi connectivity index (χ2n) is 8.67. The van der Waals surface area contributed by atoms with Crippen LogP contribution < -0.4 is 4.72 Å². The van der Waals surface area contributed by atoms with E-state index in [1.54, 1.807) is 54.6 Å². The standard InChI is InChI=1S/C25H25ClN2O6S2/c1-35(31,32)27-15-16-28(25(24(29)30)17-23(25)20-5-3-2-4-6-20)36(33,34)22-13-9-19(10-14-22)18-7-11-21(26)12-8-18/h2-14,23,27H,15-17H2,1H3,(H,29,30)/t23-,25+/m0/s1. The van der Waals surface area contributed by atoms with Crippen LogP contribution in [0.5, 0.6) is 0 Å². The van der Waals surface area contributed by atoms with Gasteiger partial charge in [-0.3, -0.25) is 4.79 Å². The molecular weight excluding hydrogens is 524 g/mol. The number of rotatable bonds is 10. The second kappa shape index (κ2) is 9.95. The molecular formula is C25H25ClN2O6S2. The lowest BCUT2D eigenvalue weighted by Crippen LogP contribution is -2.51. The maximum atomic E-state index is 13.8. The van der Waals surface area contributed by atoms with Crippen LogP contribution in [0.3, 0.4) is 0 Å². The Balaban J connectivity index is 1.71. The highest BCUT2D eigenvalue weighted by molar-refractivity contribution is 7.89. The predicted molar refractivity (Wildman–Crippen MR) is 138 cm³/mol. The Morgan fingerprint density at radius 3 is 2.06 bits per heavy atom. The molecule has 190 valence electrons. The van der Waals surface area contributed by atoms with Crippen LogP contribution in [0.25, 0.3) is 11.1 Å². The van der Waals surface area contributed by atoms with E-state index in [0.29, 0.717) is 10.6 Å². The van der Waals surface area contributed by atoms with Crippen LogP contribution in [0.2, 0.25) is 5.02 Å². The van der Waals surface area contributed by atoms with Gasteiger partial charge in [0.25, 0.3) is 0 Å². The molecule has 0 unspecified atom stereocenters. The summed E-state index contributed by atoms with van der Waals surface area (Å²) in [5, 5.41) is 10.8. The van der Waals surface area contributed by atoms with Gasteiger partial charge < -0.3 is 5.11 Å². The average molecular weight is 549 g/mol. The number of carbonyl (C=O) groups is 1. The Kier molecular flexibility index (Phi) is 7.27. The zero-order chi connectivity index (χ0) is 26.1. The number of hydrogen-bond donors (Lipinski definition) is 2. The Morgan fingerprint density at radius 2 is 1.53 bits per heavy atom. The molecule has 11 heteroatoms.